The highest BCUT2D eigenvalue weighted by Crippen LogP contribution is 2.22. The van der Waals surface area contributed by atoms with Crippen molar-refractivity contribution in [1.82, 2.24) is 15.2 Å². The predicted molar refractivity (Wildman–Crippen MR) is 85.2 cm³/mol. The van der Waals surface area contributed by atoms with Crippen molar-refractivity contribution in [2.24, 2.45) is 5.92 Å². The van der Waals surface area contributed by atoms with Gasteiger partial charge in [0.05, 0.1) is 0 Å². The number of nitrogens with zero attached hydrogens (tertiary/aromatic N) is 1. The smallest absolute Gasteiger partial charge is 0.0472 e. The van der Waals surface area contributed by atoms with Gasteiger partial charge in [-0.3, -0.25) is 0 Å². The minimum atomic E-state index is 0.783. The number of aromatic nitrogens is 1. The summed E-state index contributed by atoms with van der Waals surface area (Å²) in [6.07, 6.45) is 4.71. The molecule has 0 amide bonds. The van der Waals surface area contributed by atoms with Gasteiger partial charge in [-0.2, -0.15) is 0 Å². The molecule has 1 aliphatic heterocycles. The molecule has 0 bridgehead atoms. The van der Waals surface area contributed by atoms with Gasteiger partial charge in [-0.05, 0) is 63.1 Å². The molecule has 0 atom stereocenters. The molecule has 1 aromatic carbocycles. The van der Waals surface area contributed by atoms with Crippen molar-refractivity contribution in [1.29, 1.82) is 0 Å². The molecule has 3 rings (SSSR count). The molecular formula is C16H22ClN3. The standard InChI is InChI=1S/C16H22ClN3/c1-20-6-4-12(5-7-20)9-18-10-13-11-19-16-8-14(17)2-3-15(13)16/h2-3,8,11-12,18-19H,4-7,9-10H2,1H3. The largest absolute Gasteiger partial charge is 0.361 e. The molecule has 0 unspecified atom stereocenters. The molecule has 108 valence electrons. The number of benzene rings is 1. The molecule has 1 fully saturated rings. The highest BCUT2D eigenvalue weighted by molar-refractivity contribution is 6.31. The average Bonchev–Trinajstić information content (AvgIpc) is 2.83. The van der Waals surface area contributed by atoms with Crippen LogP contribution < -0.4 is 5.32 Å². The lowest BCUT2D eigenvalue weighted by atomic mass is 9.97. The Labute approximate surface area is 125 Å². The quantitative estimate of drug-likeness (QED) is 0.906. The van der Waals surface area contributed by atoms with E-state index in [2.05, 4.69) is 34.5 Å². The summed E-state index contributed by atoms with van der Waals surface area (Å²) in [5.41, 5.74) is 2.44. The number of hydrogen-bond acceptors (Lipinski definition) is 2. The van der Waals surface area contributed by atoms with E-state index < -0.39 is 0 Å². The fraction of sp³-hybridized carbons (Fsp3) is 0.500. The van der Waals surface area contributed by atoms with Gasteiger partial charge in [0.2, 0.25) is 0 Å². The van der Waals surface area contributed by atoms with E-state index in [0.717, 1.165) is 29.5 Å². The molecule has 20 heavy (non-hydrogen) atoms. The number of likely N-dealkylation sites (tertiary alicyclic amines) is 1. The van der Waals surface area contributed by atoms with Gasteiger partial charge in [0.15, 0.2) is 0 Å². The Kier molecular flexibility index (Phi) is 4.29. The third kappa shape index (κ3) is 3.17. The van der Waals surface area contributed by atoms with Gasteiger partial charge in [-0.1, -0.05) is 17.7 Å². The monoisotopic (exact) mass is 291 g/mol. The van der Waals surface area contributed by atoms with Crippen molar-refractivity contribution in [3.05, 3.63) is 35.0 Å². The second-order valence-electron chi connectivity index (χ2n) is 5.88. The first-order valence-corrected chi connectivity index (χ1v) is 7.75. The van der Waals surface area contributed by atoms with Crippen molar-refractivity contribution in [2.75, 3.05) is 26.7 Å². The van der Waals surface area contributed by atoms with Crippen LogP contribution in [0, 0.1) is 5.92 Å². The molecular weight excluding hydrogens is 270 g/mol. The van der Waals surface area contributed by atoms with Gasteiger partial charge < -0.3 is 15.2 Å². The Bertz CT molecular complexity index is 570. The van der Waals surface area contributed by atoms with Crippen molar-refractivity contribution >= 4 is 22.5 Å². The van der Waals surface area contributed by atoms with Crippen LogP contribution in [0.2, 0.25) is 5.02 Å². The summed E-state index contributed by atoms with van der Waals surface area (Å²) >= 11 is 6.01. The maximum atomic E-state index is 6.01. The van der Waals surface area contributed by atoms with E-state index in [4.69, 9.17) is 11.6 Å². The summed E-state index contributed by atoms with van der Waals surface area (Å²) in [6.45, 7) is 4.51. The Hall–Kier alpha value is -1.03. The minimum Gasteiger partial charge on any atom is -0.361 e. The summed E-state index contributed by atoms with van der Waals surface area (Å²) in [5.74, 6) is 0.825. The molecule has 1 aliphatic rings. The molecule has 1 saturated heterocycles. The van der Waals surface area contributed by atoms with Gasteiger partial charge >= 0.3 is 0 Å². The van der Waals surface area contributed by atoms with E-state index >= 15 is 0 Å². The average molecular weight is 292 g/mol. The van der Waals surface area contributed by atoms with E-state index in [0.29, 0.717) is 0 Å². The molecule has 0 saturated carbocycles. The maximum Gasteiger partial charge on any atom is 0.0472 e. The second kappa shape index (κ2) is 6.17. The maximum absolute atomic E-state index is 6.01. The van der Waals surface area contributed by atoms with Crippen molar-refractivity contribution in [3.63, 3.8) is 0 Å². The number of fused-ring (bicyclic) bond motifs is 1. The number of rotatable bonds is 4. The van der Waals surface area contributed by atoms with Gasteiger partial charge in [0.1, 0.15) is 0 Å². The Morgan fingerprint density at radius 2 is 2.15 bits per heavy atom. The Morgan fingerprint density at radius 1 is 1.35 bits per heavy atom. The molecule has 0 radical (unpaired) electrons. The van der Waals surface area contributed by atoms with Gasteiger partial charge in [-0.15, -0.1) is 0 Å². The second-order valence-corrected chi connectivity index (χ2v) is 6.32. The number of aromatic amines is 1. The molecule has 0 spiro atoms. The molecule has 2 heterocycles. The first kappa shape index (κ1) is 13.9. The van der Waals surface area contributed by atoms with Crippen LogP contribution in [0.15, 0.2) is 24.4 Å². The third-order valence-corrected chi connectivity index (χ3v) is 4.55. The molecule has 3 nitrogen and oxygen atoms in total. The summed E-state index contributed by atoms with van der Waals surface area (Å²) in [7, 11) is 2.21. The highest BCUT2D eigenvalue weighted by atomic mass is 35.5. The van der Waals surface area contributed by atoms with Crippen molar-refractivity contribution < 1.29 is 0 Å². The number of H-pyrrole nitrogens is 1. The molecule has 4 heteroatoms. The zero-order chi connectivity index (χ0) is 13.9. The zero-order valence-electron chi connectivity index (χ0n) is 12.0. The minimum absolute atomic E-state index is 0.783. The van der Waals surface area contributed by atoms with E-state index in [1.807, 2.05) is 12.1 Å². The van der Waals surface area contributed by atoms with Crippen LogP contribution in [0.3, 0.4) is 0 Å². The first-order valence-electron chi connectivity index (χ1n) is 7.37. The SMILES string of the molecule is CN1CCC(CNCc2c[nH]c3cc(Cl)ccc23)CC1. The van der Waals surface area contributed by atoms with E-state index in [1.165, 1.54) is 36.9 Å². The number of halogens is 1. The van der Waals surface area contributed by atoms with Crippen LogP contribution >= 0.6 is 11.6 Å². The van der Waals surface area contributed by atoms with Crippen LogP contribution in [-0.2, 0) is 6.54 Å². The van der Waals surface area contributed by atoms with E-state index in [-0.39, 0.29) is 0 Å². The summed E-state index contributed by atoms with van der Waals surface area (Å²) in [4.78, 5) is 5.71. The fourth-order valence-corrected chi connectivity index (χ4v) is 3.15. The lowest BCUT2D eigenvalue weighted by molar-refractivity contribution is 0.216. The van der Waals surface area contributed by atoms with Crippen LogP contribution in [-0.4, -0.2) is 36.6 Å². The first-order chi connectivity index (χ1) is 9.72. The van der Waals surface area contributed by atoms with E-state index in [9.17, 15) is 0 Å². The lowest BCUT2D eigenvalue weighted by Gasteiger charge is -2.29. The van der Waals surface area contributed by atoms with Crippen LogP contribution in [0.1, 0.15) is 18.4 Å². The third-order valence-electron chi connectivity index (χ3n) is 4.32. The molecule has 0 aliphatic carbocycles. The predicted octanol–water partition coefficient (Wildman–Crippen LogP) is 3.25. The fourth-order valence-electron chi connectivity index (χ4n) is 2.98. The summed E-state index contributed by atoms with van der Waals surface area (Å²) in [6, 6.07) is 6.04. The molecule has 2 aromatic rings. The number of hydrogen-bond donors (Lipinski definition) is 2. The van der Waals surface area contributed by atoms with Gasteiger partial charge in [-0.25, -0.2) is 0 Å². The number of nitrogens with one attached hydrogen (secondary N) is 2. The molecule has 2 N–H and O–H groups in total. The Balaban J connectivity index is 1.55. The molecule has 1 aromatic heterocycles. The Morgan fingerprint density at radius 3 is 2.95 bits per heavy atom. The lowest BCUT2D eigenvalue weighted by Crippen LogP contribution is -2.34. The zero-order valence-corrected chi connectivity index (χ0v) is 12.7. The summed E-state index contributed by atoms with van der Waals surface area (Å²) < 4.78 is 0. The van der Waals surface area contributed by atoms with Crippen LogP contribution in [0.25, 0.3) is 10.9 Å². The number of piperidine rings is 1. The normalized spacial score (nSPS) is 17.9. The highest BCUT2D eigenvalue weighted by Gasteiger charge is 2.16. The van der Waals surface area contributed by atoms with E-state index in [1.54, 1.807) is 0 Å². The van der Waals surface area contributed by atoms with Gasteiger partial charge in [0, 0.05) is 28.7 Å². The van der Waals surface area contributed by atoms with Crippen molar-refractivity contribution in [2.45, 2.75) is 19.4 Å². The van der Waals surface area contributed by atoms with Crippen LogP contribution in [0.4, 0.5) is 0 Å². The van der Waals surface area contributed by atoms with Gasteiger partial charge in [0.25, 0.3) is 0 Å². The summed E-state index contributed by atoms with van der Waals surface area (Å²) in [5, 5.41) is 5.66. The van der Waals surface area contributed by atoms with Crippen molar-refractivity contribution in [3.8, 4) is 0 Å². The van der Waals surface area contributed by atoms with Crippen LogP contribution in [0.5, 0.6) is 0 Å². The topological polar surface area (TPSA) is 31.1 Å².